The Morgan fingerprint density at radius 1 is 1.32 bits per heavy atom. The predicted molar refractivity (Wildman–Crippen MR) is 80.3 cm³/mol. The third-order valence-corrected chi connectivity index (χ3v) is 2.77. The van der Waals surface area contributed by atoms with Crippen LogP contribution in [-0.4, -0.2) is 31.1 Å². The van der Waals surface area contributed by atoms with Crippen molar-refractivity contribution in [3.63, 3.8) is 0 Å². The molecule has 0 aromatic heterocycles. The van der Waals surface area contributed by atoms with Crippen molar-refractivity contribution in [2.75, 3.05) is 13.2 Å². The average molecular weight is 304 g/mol. The summed E-state index contributed by atoms with van der Waals surface area (Å²) in [4.78, 5) is 23.2. The third-order valence-electron chi connectivity index (χ3n) is 2.77. The molecule has 0 spiro atoms. The van der Waals surface area contributed by atoms with Crippen molar-refractivity contribution >= 4 is 11.9 Å². The highest BCUT2D eigenvalue weighted by Gasteiger charge is 2.11. The normalized spacial score (nSPS) is 11.1. The molecule has 6 heteroatoms. The van der Waals surface area contributed by atoms with E-state index in [4.69, 9.17) is 14.7 Å². The zero-order valence-corrected chi connectivity index (χ0v) is 12.8. The molecule has 6 nitrogen and oxygen atoms in total. The van der Waals surface area contributed by atoms with E-state index in [0.717, 1.165) is 12.8 Å². The van der Waals surface area contributed by atoms with Crippen LogP contribution in [0.15, 0.2) is 24.3 Å². The van der Waals surface area contributed by atoms with Gasteiger partial charge in [-0.1, -0.05) is 13.3 Å². The first-order chi connectivity index (χ1) is 10.6. The molecule has 1 unspecified atom stereocenters. The lowest BCUT2D eigenvalue weighted by Crippen LogP contribution is -2.31. The van der Waals surface area contributed by atoms with Crippen LogP contribution in [0.1, 0.15) is 37.0 Å². The van der Waals surface area contributed by atoms with Crippen molar-refractivity contribution in [2.45, 2.75) is 32.8 Å². The third kappa shape index (κ3) is 6.27. The Balaban J connectivity index is 2.42. The molecule has 0 fully saturated rings. The zero-order valence-electron chi connectivity index (χ0n) is 12.8. The van der Waals surface area contributed by atoms with Gasteiger partial charge in [0.15, 0.2) is 6.10 Å². The number of hydrogen-bond acceptors (Lipinski definition) is 5. The van der Waals surface area contributed by atoms with Crippen LogP contribution in [-0.2, 0) is 9.53 Å². The Morgan fingerprint density at radius 2 is 2.00 bits per heavy atom. The van der Waals surface area contributed by atoms with Crippen molar-refractivity contribution in [2.24, 2.45) is 0 Å². The quantitative estimate of drug-likeness (QED) is 0.586. The molecule has 1 atom stereocenters. The Kier molecular flexibility index (Phi) is 7.48. The van der Waals surface area contributed by atoms with Crippen LogP contribution in [0, 0.1) is 11.3 Å². The first kappa shape index (κ1) is 17.5. The van der Waals surface area contributed by atoms with Crippen LogP contribution in [0.5, 0.6) is 5.75 Å². The second-order valence-electron chi connectivity index (χ2n) is 4.67. The molecule has 0 heterocycles. The molecular formula is C16H20N2O4. The molecule has 1 aromatic rings. The van der Waals surface area contributed by atoms with Gasteiger partial charge < -0.3 is 14.8 Å². The van der Waals surface area contributed by atoms with Gasteiger partial charge in [-0.2, -0.15) is 5.26 Å². The number of unbranched alkanes of at least 4 members (excludes halogenated alkanes) is 1. The molecule has 1 N–H and O–H groups in total. The van der Waals surface area contributed by atoms with Gasteiger partial charge in [0.05, 0.1) is 6.61 Å². The summed E-state index contributed by atoms with van der Waals surface area (Å²) < 4.78 is 10.2. The number of hydrogen-bond donors (Lipinski definition) is 1. The number of ether oxygens (including phenoxy) is 2. The van der Waals surface area contributed by atoms with Crippen molar-refractivity contribution in [1.82, 2.24) is 5.32 Å². The molecule has 0 saturated carbocycles. The highest BCUT2D eigenvalue weighted by atomic mass is 16.5. The van der Waals surface area contributed by atoms with E-state index in [-0.39, 0.29) is 12.5 Å². The van der Waals surface area contributed by atoms with Gasteiger partial charge in [-0.25, -0.2) is 0 Å². The van der Waals surface area contributed by atoms with Crippen LogP contribution >= 0.6 is 0 Å². The van der Waals surface area contributed by atoms with Crippen molar-refractivity contribution in [1.29, 1.82) is 5.26 Å². The fraction of sp³-hybridized carbons (Fsp3) is 0.438. The van der Waals surface area contributed by atoms with E-state index in [1.54, 1.807) is 30.3 Å². The Morgan fingerprint density at radius 3 is 2.59 bits per heavy atom. The van der Waals surface area contributed by atoms with Crippen LogP contribution in [0.3, 0.4) is 0 Å². The molecule has 0 aliphatic carbocycles. The average Bonchev–Trinajstić information content (AvgIpc) is 2.53. The summed E-state index contributed by atoms with van der Waals surface area (Å²) >= 11 is 0. The molecular weight excluding hydrogens is 284 g/mol. The van der Waals surface area contributed by atoms with E-state index >= 15 is 0 Å². The number of rotatable bonds is 8. The molecule has 1 aromatic carbocycles. The van der Waals surface area contributed by atoms with Gasteiger partial charge >= 0.3 is 5.97 Å². The van der Waals surface area contributed by atoms with Crippen LogP contribution < -0.4 is 10.1 Å². The number of carbonyl (C=O) groups excluding carboxylic acids is 2. The minimum absolute atomic E-state index is 0.278. The highest BCUT2D eigenvalue weighted by molar-refractivity contribution is 5.96. The largest absolute Gasteiger partial charge is 0.494 e. The number of nitrogens with one attached hydrogen (secondary N) is 1. The summed E-state index contributed by atoms with van der Waals surface area (Å²) in [6, 6.07) is 8.44. The standard InChI is InChI=1S/C16H20N2O4/c1-3-4-9-21-14-7-5-13(6-8-14)16(20)18-11-15(19)22-12(2)10-17/h5-8,12H,3-4,9,11H2,1-2H3,(H,18,20). The summed E-state index contributed by atoms with van der Waals surface area (Å²) in [5.41, 5.74) is 0.420. The Hall–Kier alpha value is -2.55. The Bertz CT molecular complexity index is 534. The lowest BCUT2D eigenvalue weighted by atomic mass is 10.2. The van der Waals surface area contributed by atoms with Crippen molar-refractivity contribution in [3.05, 3.63) is 29.8 Å². The number of nitriles is 1. The number of carbonyl (C=O) groups is 2. The number of amides is 1. The molecule has 0 saturated heterocycles. The van der Waals surface area contributed by atoms with Gasteiger partial charge in [0.25, 0.3) is 5.91 Å². The molecule has 1 amide bonds. The Labute approximate surface area is 130 Å². The van der Waals surface area contributed by atoms with Crippen LogP contribution in [0.2, 0.25) is 0 Å². The summed E-state index contributed by atoms with van der Waals surface area (Å²) in [6.07, 6.45) is 1.20. The van der Waals surface area contributed by atoms with Crippen LogP contribution in [0.25, 0.3) is 0 Å². The van der Waals surface area contributed by atoms with Gasteiger partial charge in [0, 0.05) is 5.56 Å². The number of esters is 1. The second kappa shape index (κ2) is 9.40. The fourth-order valence-corrected chi connectivity index (χ4v) is 1.56. The molecule has 0 aliphatic heterocycles. The smallest absolute Gasteiger partial charge is 0.326 e. The molecule has 0 bridgehead atoms. The lowest BCUT2D eigenvalue weighted by Gasteiger charge is -2.08. The molecule has 0 aliphatic rings. The minimum Gasteiger partial charge on any atom is -0.494 e. The van der Waals surface area contributed by atoms with E-state index in [2.05, 4.69) is 12.2 Å². The predicted octanol–water partition coefficient (Wildman–Crippen LogP) is 2.05. The maximum absolute atomic E-state index is 11.9. The summed E-state index contributed by atoms with van der Waals surface area (Å²) in [6.45, 7) is 3.90. The molecule has 118 valence electrons. The maximum Gasteiger partial charge on any atom is 0.326 e. The second-order valence-corrected chi connectivity index (χ2v) is 4.67. The summed E-state index contributed by atoms with van der Waals surface area (Å²) in [5, 5.41) is 11.0. The molecule has 1 rings (SSSR count). The van der Waals surface area contributed by atoms with Gasteiger partial charge in [-0.05, 0) is 37.6 Å². The van der Waals surface area contributed by atoms with Gasteiger partial charge in [-0.3, -0.25) is 9.59 Å². The van der Waals surface area contributed by atoms with Crippen LogP contribution in [0.4, 0.5) is 0 Å². The lowest BCUT2D eigenvalue weighted by molar-refractivity contribution is -0.144. The van der Waals surface area contributed by atoms with E-state index in [9.17, 15) is 9.59 Å². The summed E-state index contributed by atoms with van der Waals surface area (Å²) in [7, 11) is 0. The first-order valence-corrected chi connectivity index (χ1v) is 7.17. The van der Waals surface area contributed by atoms with E-state index in [0.29, 0.717) is 17.9 Å². The van der Waals surface area contributed by atoms with Crippen molar-refractivity contribution in [3.8, 4) is 11.8 Å². The van der Waals surface area contributed by atoms with E-state index < -0.39 is 12.1 Å². The van der Waals surface area contributed by atoms with Gasteiger partial charge in [0.2, 0.25) is 0 Å². The minimum atomic E-state index is -0.830. The van der Waals surface area contributed by atoms with E-state index in [1.165, 1.54) is 6.92 Å². The SMILES string of the molecule is CCCCOc1ccc(C(=O)NCC(=O)OC(C)C#N)cc1. The fourth-order valence-electron chi connectivity index (χ4n) is 1.56. The van der Waals surface area contributed by atoms with Gasteiger partial charge in [0.1, 0.15) is 18.4 Å². The topological polar surface area (TPSA) is 88.4 Å². The monoisotopic (exact) mass is 304 g/mol. The number of nitrogens with zero attached hydrogens (tertiary/aromatic N) is 1. The van der Waals surface area contributed by atoms with Gasteiger partial charge in [-0.15, -0.1) is 0 Å². The molecule has 0 radical (unpaired) electrons. The van der Waals surface area contributed by atoms with E-state index in [1.807, 2.05) is 0 Å². The summed E-state index contributed by atoms with van der Waals surface area (Å²) in [5.74, 6) is -0.337. The zero-order chi connectivity index (χ0) is 16.4. The first-order valence-electron chi connectivity index (χ1n) is 7.17. The maximum atomic E-state index is 11.9. The highest BCUT2D eigenvalue weighted by Crippen LogP contribution is 2.12. The van der Waals surface area contributed by atoms with Crippen molar-refractivity contribution < 1.29 is 19.1 Å². The molecule has 22 heavy (non-hydrogen) atoms. The number of benzene rings is 1.